The smallest absolute Gasteiger partial charge is 0.191 e. The van der Waals surface area contributed by atoms with Crippen molar-refractivity contribution in [2.45, 2.75) is 39.0 Å². The molecule has 1 aromatic rings. The van der Waals surface area contributed by atoms with Crippen LogP contribution in [-0.4, -0.2) is 52.0 Å². The van der Waals surface area contributed by atoms with Crippen LogP contribution in [0.5, 0.6) is 0 Å². The first-order chi connectivity index (χ1) is 13.0. The lowest BCUT2D eigenvalue weighted by Gasteiger charge is -2.24. The Kier molecular flexibility index (Phi) is 9.01. The molecule has 1 heterocycles. The summed E-state index contributed by atoms with van der Waals surface area (Å²) in [6.07, 6.45) is 2.03. The van der Waals surface area contributed by atoms with Gasteiger partial charge in [0.15, 0.2) is 5.96 Å². The summed E-state index contributed by atoms with van der Waals surface area (Å²) in [6, 6.07) is 6.75. The van der Waals surface area contributed by atoms with E-state index in [1.54, 1.807) is 12.1 Å². The fourth-order valence-corrected chi connectivity index (χ4v) is 2.96. The molecule has 1 saturated heterocycles. The molecule has 0 aliphatic carbocycles. The maximum Gasteiger partial charge on any atom is 0.191 e. The molecule has 5 nitrogen and oxygen atoms in total. The molecule has 1 aliphatic rings. The van der Waals surface area contributed by atoms with Gasteiger partial charge in [-0.1, -0.05) is 26.0 Å². The summed E-state index contributed by atoms with van der Waals surface area (Å²) in [6.45, 7) is 11.6. The van der Waals surface area contributed by atoms with E-state index in [1.807, 2.05) is 13.0 Å². The molecule has 1 aromatic carbocycles. The van der Waals surface area contributed by atoms with Gasteiger partial charge in [0.2, 0.25) is 0 Å². The van der Waals surface area contributed by atoms with Gasteiger partial charge in [-0.3, -0.25) is 4.99 Å². The van der Waals surface area contributed by atoms with E-state index in [0.717, 1.165) is 63.9 Å². The molecule has 152 valence electrons. The molecule has 1 unspecified atom stereocenters. The van der Waals surface area contributed by atoms with Gasteiger partial charge in [0.25, 0.3) is 0 Å². The summed E-state index contributed by atoms with van der Waals surface area (Å²) in [4.78, 5) is 4.69. The Morgan fingerprint density at radius 3 is 2.93 bits per heavy atom. The molecular formula is C21H34FN3O2. The van der Waals surface area contributed by atoms with Crippen LogP contribution in [0.3, 0.4) is 0 Å². The highest BCUT2D eigenvalue weighted by molar-refractivity contribution is 5.79. The highest BCUT2D eigenvalue weighted by Crippen LogP contribution is 2.24. The summed E-state index contributed by atoms with van der Waals surface area (Å²) in [5.41, 5.74) is 0.711. The first-order valence-corrected chi connectivity index (χ1v) is 9.95. The van der Waals surface area contributed by atoms with Crippen LogP contribution in [0.4, 0.5) is 4.39 Å². The lowest BCUT2D eigenvalue weighted by atomic mass is 9.85. The van der Waals surface area contributed by atoms with Crippen molar-refractivity contribution < 1.29 is 13.9 Å². The number of aliphatic imine (C=N–C) groups is 1. The molecule has 0 radical (unpaired) electrons. The topological polar surface area (TPSA) is 54.9 Å². The van der Waals surface area contributed by atoms with Crippen molar-refractivity contribution in [3.8, 4) is 0 Å². The molecule has 6 heteroatoms. The van der Waals surface area contributed by atoms with Crippen LogP contribution < -0.4 is 10.6 Å². The van der Waals surface area contributed by atoms with E-state index in [0.29, 0.717) is 12.5 Å². The van der Waals surface area contributed by atoms with Gasteiger partial charge in [-0.25, -0.2) is 4.39 Å². The predicted molar refractivity (Wildman–Crippen MR) is 108 cm³/mol. The van der Waals surface area contributed by atoms with Crippen LogP contribution in [0.15, 0.2) is 29.3 Å². The Bertz CT molecular complexity index is 587. The highest BCUT2D eigenvalue weighted by Gasteiger charge is 2.21. The lowest BCUT2D eigenvalue weighted by molar-refractivity contribution is 0.0888. The van der Waals surface area contributed by atoms with E-state index in [-0.39, 0.29) is 11.2 Å². The summed E-state index contributed by atoms with van der Waals surface area (Å²) in [5.74, 6) is 1.13. The quantitative estimate of drug-likeness (QED) is 0.373. The third-order valence-corrected chi connectivity index (χ3v) is 4.72. The van der Waals surface area contributed by atoms with Crippen LogP contribution >= 0.6 is 0 Å². The molecule has 0 amide bonds. The Labute approximate surface area is 162 Å². The fourth-order valence-electron chi connectivity index (χ4n) is 2.96. The largest absolute Gasteiger partial charge is 0.381 e. The van der Waals surface area contributed by atoms with Crippen molar-refractivity contribution in [1.29, 1.82) is 0 Å². The minimum absolute atomic E-state index is 0.209. The van der Waals surface area contributed by atoms with Gasteiger partial charge in [0.1, 0.15) is 5.82 Å². The van der Waals surface area contributed by atoms with Crippen LogP contribution in [0.2, 0.25) is 0 Å². The Morgan fingerprint density at radius 1 is 1.37 bits per heavy atom. The lowest BCUT2D eigenvalue weighted by Crippen LogP contribution is -2.39. The van der Waals surface area contributed by atoms with E-state index >= 15 is 0 Å². The normalized spacial score (nSPS) is 17.9. The fraction of sp³-hybridized carbons (Fsp3) is 0.667. The molecule has 1 fully saturated rings. The van der Waals surface area contributed by atoms with Gasteiger partial charge < -0.3 is 20.1 Å². The van der Waals surface area contributed by atoms with Crippen LogP contribution in [0.1, 0.15) is 39.2 Å². The summed E-state index contributed by atoms with van der Waals surface area (Å²) in [5, 5.41) is 6.61. The molecule has 2 N–H and O–H groups in total. The van der Waals surface area contributed by atoms with Gasteiger partial charge in [-0.15, -0.1) is 0 Å². The van der Waals surface area contributed by atoms with Crippen LogP contribution in [0, 0.1) is 11.7 Å². The number of benzene rings is 1. The number of hydrogen-bond acceptors (Lipinski definition) is 3. The maximum absolute atomic E-state index is 13.5. The van der Waals surface area contributed by atoms with Gasteiger partial charge in [0, 0.05) is 37.6 Å². The number of hydrogen-bond donors (Lipinski definition) is 2. The molecule has 0 bridgehead atoms. The van der Waals surface area contributed by atoms with Crippen LogP contribution in [-0.2, 0) is 14.9 Å². The Balaban J connectivity index is 1.74. The van der Waals surface area contributed by atoms with E-state index in [2.05, 4.69) is 29.5 Å². The van der Waals surface area contributed by atoms with Crippen molar-refractivity contribution in [3.63, 3.8) is 0 Å². The minimum atomic E-state index is -0.239. The molecule has 27 heavy (non-hydrogen) atoms. The van der Waals surface area contributed by atoms with Gasteiger partial charge >= 0.3 is 0 Å². The second kappa shape index (κ2) is 11.2. The average Bonchev–Trinajstić information content (AvgIpc) is 3.16. The zero-order valence-electron chi connectivity index (χ0n) is 16.9. The second-order valence-corrected chi connectivity index (χ2v) is 7.67. The highest BCUT2D eigenvalue weighted by atomic mass is 19.1. The van der Waals surface area contributed by atoms with Crippen molar-refractivity contribution in [1.82, 2.24) is 10.6 Å². The third-order valence-electron chi connectivity index (χ3n) is 4.72. The van der Waals surface area contributed by atoms with E-state index in [9.17, 15) is 4.39 Å². The summed E-state index contributed by atoms with van der Waals surface area (Å²) >= 11 is 0. The van der Waals surface area contributed by atoms with Gasteiger partial charge in [-0.05, 0) is 37.5 Å². The molecular weight excluding hydrogens is 345 g/mol. The monoisotopic (exact) mass is 379 g/mol. The number of halogens is 1. The summed E-state index contributed by atoms with van der Waals surface area (Å²) in [7, 11) is 0. The van der Waals surface area contributed by atoms with E-state index in [4.69, 9.17) is 9.47 Å². The molecule has 1 aliphatic heterocycles. The molecule has 0 spiro atoms. The third kappa shape index (κ3) is 7.85. The van der Waals surface area contributed by atoms with E-state index < -0.39 is 0 Å². The molecule has 2 rings (SSSR count). The predicted octanol–water partition coefficient (Wildman–Crippen LogP) is 3.10. The maximum atomic E-state index is 13.5. The number of guanidine groups is 1. The molecule has 0 saturated carbocycles. The second-order valence-electron chi connectivity index (χ2n) is 7.67. The molecule has 0 aromatic heterocycles. The molecule has 1 atom stereocenters. The van der Waals surface area contributed by atoms with Crippen molar-refractivity contribution in [2.75, 3.05) is 46.1 Å². The van der Waals surface area contributed by atoms with Crippen LogP contribution in [0.25, 0.3) is 0 Å². The first-order valence-electron chi connectivity index (χ1n) is 9.95. The zero-order valence-corrected chi connectivity index (χ0v) is 16.9. The van der Waals surface area contributed by atoms with Crippen molar-refractivity contribution in [3.05, 3.63) is 35.6 Å². The van der Waals surface area contributed by atoms with E-state index in [1.165, 1.54) is 6.07 Å². The average molecular weight is 380 g/mol. The Morgan fingerprint density at radius 2 is 2.22 bits per heavy atom. The van der Waals surface area contributed by atoms with Gasteiger partial charge in [0.05, 0.1) is 19.8 Å². The van der Waals surface area contributed by atoms with Crippen molar-refractivity contribution >= 4 is 5.96 Å². The number of nitrogens with one attached hydrogen (secondary N) is 2. The first kappa shape index (κ1) is 21.6. The number of ether oxygens (including phenoxy) is 2. The number of rotatable bonds is 10. The summed E-state index contributed by atoms with van der Waals surface area (Å²) < 4.78 is 24.6. The number of nitrogens with zero attached hydrogens (tertiary/aromatic N) is 1. The SMILES string of the molecule is CCNC(=NCC(C)(C)c1cccc(F)c1)NCCCOCC1CCOC1. The zero-order chi connectivity index (χ0) is 19.5. The van der Waals surface area contributed by atoms with Gasteiger partial charge in [-0.2, -0.15) is 0 Å². The Hall–Kier alpha value is -1.66. The van der Waals surface area contributed by atoms with Crippen molar-refractivity contribution in [2.24, 2.45) is 10.9 Å². The minimum Gasteiger partial charge on any atom is -0.381 e. The standard InChI is InChI=1S/C21H34FN3O2/c1-4-23-20(24-10-6-11-26-14-17-9-12-27-15-17)25-16-21(2,3)18-7-5-8-19(22)13-18/h5,7-8,13,17H,4,6,9-12,14-16H2,1-3H3,(H2,23,24,25).